The second kappa shape index (κ2) is 7.95. The quantitative estimate of drug-likeness (QED) is 0.675. The monoisotopic (exact) mass is 350 g/mol. The van der Waals surface area contributed by atoms with Gasteiger partial charge in [-0.2, -0.15) is 25.5 Å². The first kappa shape index (κ1) is 17.8. The highest BCUT2D eigenvalue weighted by Gasteiger charge is 2.31. The topological polar surface area (TPSA) is 86.6 Å². The van der Waals surface area contributed by atoms with E-state index in [4.69, 9.17) is 4.74 Å². The van der Waals surface area contributed by atoms with Gasteiger partial charge in [-0.1, -0.05) is 13.8 Å². The van der Waals surface area contributed by atoms with Crippen molar-refractivity contribution in [2.75, 3.05) is 7.11 Å². The van der Waals surface area contributed by atoms with Crippen molar-refractivity contribution < 1.29 is 4.74 Å². The molecule has 3 heterocycles. The Morgan fingerprint density at radius 1 is 0.769 bits per heavy atom. The molecular weight excluding hydrogens is 328 g/mol. The summed E-state index contributed by atoms with van der Waals surface area (Å²) in [6.07, 6.45) is 1.68. The average molecular weight is 350 g/mol. The number of rotatable bonds is 6. The van der Waals surface area contributed by atoms with Crippen LogP contribution >= 0.6 is 0 Å². The highest BCUT2D eigenvalue weighted by Crippen LogP contribution is 2.41. The van der Waals surface area contributed by atoms with E-state index in [9.17, 15) is 0 Å². The fourth-order valence-corrected chi connectivity index (χ4v) is 3.14. The second-order valence-electron chi connectivity index (χ2n) is 6.35. The molecule has 7 heteroatoms. The number of aromatic nitrogens is 6. The summed E-state index contributed by atoms with van der Waals surface area (Å²) < 4.78 is 5.11. The third kappa shape index (κ3) is 3.82. The molecule has 0 aromatic carbocycles. The molecule has 0 aliphatic rings. The molecule has 3 rings (SSSR count). The van der Waals surface area contributed by atoms with E-state index in [-0.39, 0.29) is 17.8 Å². The number of methoxy groups -OCH3 is 1. The molecule has 0 saturated carbocycles. The van der Waals surface area contributed by atoms with Crippen LogP contribution in [0.5, 0.6) is 5.88 Å². The minimum atomic E-state index is 0.0301. The fourth-order valence-electron chi connectivity index (χ4n) is 3.14. The molecule has 0 radical (unpaired) electrons. The third-order valence-corrected chi connectivity index (χ3v) is 4.63. The summed E-state index contributed by atoms with van der Waals surface area (Å²) in [4.78, 5) is 0. The van der Waals surface area contributed by atoms with Crippen LogP contribution in [0.2, 0.25) is 0 Å². The van der Waals surface area contributed by atoms with E-state index < -0.39 is 0 Å². The maximum atomic E-state index is 5.11. The van der Waals surface area contributed by atoms with E-state index in [2.05, 4.69) is 44.4 Å². The van der Waals surface area contributed by atoms with Crippen LogP contribution in [0.25, 0.3) is 0 Å². The zero-order valence-electron chi connectivity index (χ0n) is 15.4. The molecule has 0 fully saturated rings. The van der Waals surface area contributed by atoms with E-state index in [0.29, 0.717) is 5.88 Å². The van der Waals surface area contributed by atoms with Gasteiger partial charge in [-0.05, 0) is 37.3 Å². The van der Waals surface area contributed by atoms with Gasteiger partial charge >= 0.3 is 0 Å². The molecule has 3 aromatic rings. The molecule has 0 saturated heterocycles. The van der Waals surface area contributed by atoms with Gasteiger partial charge in [0.05, 0.1) is 29.9 Å². The molecule has 7 nitrogen and oxygen atoms in total. The van der Waals surface area contributed by atoms with Gasteiger partial charge in [-0.15, -0.1) is 5.10 Å². The molecule has 3 aromatic heterocycles. The molecule has 0 spiro atoms. The predicted octanol–water partition coefficient (Wildman–Crippen LogP) is 3.06. The van der Waals surface area contributed by atoms with Crippen LogP contribution in [0.15, 0.2) is 42.6 Å². The molecule has 3 unspecified atom stereocenters. The summed E-state index contributed by atoms with van der Waals surface area (Å²) in [6, 6.07) is 11.6. The average Bonchev–Trinajstić information content (AvgIpc) is 2.70. The summed E-state index contributed by atoms with van der Waals surface area (Å²) in [6.45, 7) is 6.18. The van der Waals surface area contributed by atoms with Gasteiger partial charge in [0.25, 0.3) is 0 Å². The van der Waals surface area contributed by atoms with Crippen molar-refractivity contribution in [1.29, 1.82) is 0 Å². The van der Waals surface area contributed by atoms with E-state index in [0.717, 1.165) is 22.8 Å². The summed E-state index contributed by atoms with van der Waals surface area (Å²) >= 11 is 0. The first-order valence-electron chi connectivity index (χ1n) is 8.55. The maximum absolute atomic E-state index is 5.11. The first-order chi connectivity index (χ1) is 12.6. The number of nitrogens with zero attached hydrogens (tertiary/aromatic N) is 6. The van der Waals surface area contributed by atoms with Crippen molar-refractivity contribution in [3.05, 3.63) is 65.4 Å². The lowest BCUT2D eigenvalue weighted by atomic mass is 9.77. The minimum Gasteiger partial charge on any atom is -0.480 e. The Balaban J connectivity index is 1.99. The largest absolute Gasteiger partial charge is 0.480 e. The van der Waals surface area contributed by atoms with Crippen LogP contribution in [0.3, 0.4) is 0 Å². The molecular formula is C19H22N6O. The molecule has 0 N–H and O–H groups in total. The lowest BCUT2D eigenvalue weighted by Crippen LogP contribution is -2.19. The van der Waals surface area contributed by atoms with E-state index in [1.807, 2.05) is 43.3 Å². The van der Waals surface area contributed by atoms with Crippen LogP contribution in [-0.4, -0.2) is 37.7 Å². The smallest absolute Gasteiger partial charge is 0.233 e. The Bertz CT molecular complexity index is 823. The van der Waals surface area contributed by atoms with Crippen molar-refractivity contribution in [3.63, 3.8) is 0 Å². The van der Waals surface area contributed by atoms with Crippen molar-refractivity contribution in [2.24, 2.45) is 0 Å². The van der Waals surface area contributed by atoms with Gasteiger partial charge in [-0.25, -0.2) is 0 Å². The summed E-state index contributed by atoms with van der Waals surface area (Å²) in [5.74, 6) is 0.666. The highest BCUT2D eigenvalue weighted by atomic mass is 16.5. The van der Waals surface area contributed by atoms with Crippen LogP contribution in [-0.2, 0) is 0 Å². The van der Waals surface area contributed by atoms with Gasteiger partial charge in [-0.3, -0.25) is 0 Å². The highest BCUT2D eigenvalue weighted by molar-refractivity contribution is 5.25. The number of hydrogen-bond acceptors (Lipinski definition) is 7. The number of hydrogen-bond donors (Lipinski definition) is 0. The van der Waals surface area contributed by atoms with Crippen molar-refractivity contribution >= 4 is 0 Å². The standard InChI is InChI=1S/C19H22N6O/c1-12-7-8-17(24-21-12)19(13(2)15-6-5-11-20-22-15)14(3)16-9-10-18(26-4)25-23-16/h5-11,13-14,19H,1-4H3. The SMILES string of the molecule is COc1ccc(C(C)C(c2ccc(C)nn2)C(C)c2cccnn2)nn1. The molecule has 134 valence electrons. The van der Waals surface area contributed by atoms with E-state index in [1.54, 1.807) is 13.3 Å². The Morgan fingerprint density at radius 2 is 1.46 bits per heavy atom. The van der Waals surface area contributed by atoms with E-state index in [1.165, 1.54) is 0 Å². The second-order valence-corrected chi connectivity index (χ2v) is 6.35. The first-order valence-corrected chi connectivity index (χ1v) is 8.55. The van der Waals surface area contributed by atoms with Crippen molar-refractivity contribution in [3.8, 4) is 5.88 Å². The molecule has 0 aliphatic heterocycles. The van der Waals surface area contributed by atoms with E-state index >= 15 is 0 Å². The summed E-state index contributed by atoms with van der Waals surface area (Å²) in [5.41, 5.74) is 3.57. The van der Waals surface area contributed by atoms with Gasteiger partial charge in [0.15, 0.2) is 0 Å². The maximum Gasteiger partial charge on any atom is 0.233 e. The zero-order valence-corrected chi connectivity index (χ0v) is 15.4. The van der Waals surface area contributed by atoms with Crippen LogP contribution in [0, 0.1) is 6.92 Å². The van der Waals surface area contributed by atoms with Gasteiger partial charge < -0.3 is 4.74 Å². The van der Waals surface area contributed by atoms with Gasteiger partial charge in [0.2, 0.25) is 5.88 Å². The molecule has 0 amide bonds. The predicted molar refractivity (Wildman–Crippen MR) is 97.0 cm³/mol. The number of ether oxygens (including phenoxy) is 1. The molecule has 0 aliphatic carbocycles. The Hall–Kier alpha value is -2.96. The Kier molecular flexibility index (Phi) is 5.46. The fraction of sp³-hybridized carbons (Fsp3) is 0.368. The molecule has 0 bridgehead atoms. The van der Waals surface area contributed by atoms with Crippen LogP contribution < -0.4 is 4.74 Å². The summed E-state index contributed by atoms with van der Waals surface area (Å²) in [7, 11) is 1.58. The van der Waals surface area contributed by atoms with Crippen molar-refractivity contribution in [2.45, 2.75) is 38.5 Å². The van der Waals surface area contributed by atoms with Crippen LogP contribution in [0.1, 0.15) is 54.4 Å². The normalized spacial score (nSPS) is 14.5. The van der Waals surface area contributed by atoms with Crippen LogP contribution in [0.4, 0.5) is 0 Å². The lowest BCUT2D eigenvalue weighted by molar-refractivity contribution is 0.388. The molecule has 3 atom stereocenters. The summed E-state index contributed by atoms with van der Waals surface area (Å²) in [5, 5.41) is 25.4. The Morgan fingerprint density at radius 3 is 2.00 bits per heavy atom. The van der Waals surface area contributed by atoms with Crippen molar-refractivity contribution in [1.82, 2.24) is 30.6 Å². The third-order valence-electron chi connectivity index (χ3n) is 4.63. The molecule has 26 heavy (non-hydrogen) atoms. The number of aryl methyl sites for hydroxylation is 1. The van der Waals surface area contributed by atoms with Gasteiger partial charge in [0, 0.05) is 30.0 Å². The Labute approximate surface area is 152 Å². The zero-order chi connectivity index (χ0) is 18.5. The minimum absolute atomic E-state index is 0.0301. The lowest BCUT2D eigenvalue weighted by Gasteiger charge is -2.28. The van der Waals surface area contributed by atoms with Gasteiger partial charge in [0.1, 0.15) is 0 Å².